The molecule has 1 fully saturated rings. The molecule has 0 aliphatic carbocycles. The first-order valence-electron chi connectivity index (χ1n) is 6.99. The summed E-state index contributed by atoms with van der Waals surface area (Å²) in [5, 5.41) is 3.03. The third-order valence-electron chi connectivity index (χ3n) is 3.34. The van der Waals surface area contributed by atoms with Crippen molar-refractivity contribution in [3.8, 4) is 0 Å². The molecule has 0 aromatic carbocycles. The Labute approximate surface area is 125 Å². The average molecular weight is 317 g/mol. The van der Waals surface area contributed by atoms with E-state index in [1.165, 1.54) is 24.2 Å². The molecule has 0 radical (unpaired) electrons. The van der Waals surface area contributed by atoms with Gasteiger partial charge in [-0.2, -0.15) is 0 Å². The topological polar surface area (TPSA) is 61.4 Å². The van der Waals surface area contributed by atoms with Crippen LogP contribution >= 0.6 is 11.3 Å². The lowest BCUT2D eigenvalue weighted by molar-refractivity contribution is 0.313. The molecule has 0 spiro atoms. The van der Waals surface area contributed by atoms with Crippen molar-refractivity contribution >= 4 is 21.4 Å². The second kappa shape index (κ2) is 7.00. The summed E-state index contributed by atoms with van der Waals surface area (Å²) in [6.07, 6.45) is 2.44. The van der Waals surface area contributed by atoms with Crippen molar-refractivity contribution < 1.29 is 8.42 Å². The zero-order valence-corrected chi connectivity index (χ0v) is 13.7. The van der Waals surface area contributed by atoms with Crippen LogP contribution < -0.4 is 10.0 Å². The third-order valence-corrected chi connectivity index (χ3v) is 6.51. The highest BCUT2D eigenvalue weighted by atomic mass is 32.2. The number of thiophene rings is 1. The van der Waals surface area contributed by atoms with Crippen molar-refractivity contribution in [2.75, 3.05) is 26.7 Å². The van der Waals surface area contributed by atoms with Gasteiger partial charge in [0.2, 0.25) is 10.0 Å². The molecule has 1 aliphatic rings. The Balaban J connectivity index is 1.94. The van der Waals surface area contributed by atoms with Crippen molar-refractivity contribution in [2.45, 2.75) is 36.6 Å². The summed E-state index contributed by atoms with van der Waals surface area (Å²) in [5.74, 6) is 0. The molecule has 2 N–H and O–H groups in total. The van der Waals surface area contributed by atoms with Crippen LogP contribution in [0, 0.1) is 0 Å². The highest BCUT2D eigenvalue weighted by molar-refractivity contribution is 7.91. The quantitative estimate of drug-likeness (QED) is 0.794. The molecule has 1 aliphatic heterocycles. The highest BCUT2D eigenvalue weighted by Crippen LogP contribution is 2.21. The van der Waals surface area contributed by atoms with Gasteiger partial charge in [-0.1, -0.05) is 0 Å². The maximum Gasteiger partial charge on any atom is 0.250 e. The van der Waals surface area contributed by atoms with E-state index in [-0.39, 0.29) is 6.04 Å². The second-order valence-corrected chi connectivity index (χ2v) is 8.39. The predicted octanol–water partition coefficient (Wildman–Crippen LogP) is 1.23. The van der Waals surface area contributed by atoms with Crippen molar-refractivity contribution in [2.24, 2.45) is 0 Å². The molecule has 1 aromatic heterocycles. The predicted molar refractivity (Wildman–Crippen MR) is 82.5 cm³/mol. The van der Waals surface area contributed by atoms with Gasteiger partial charge in [0.05, 0.1) is 0 Å². The molecule has 5 nitrogen and oxygen atoms in total. The Morgan fingerprint density at radius 3 is 2.70 bits per heavy atom. The molecule has 0 bridgehead atoms. The van der Waals surface area contributed by atoms with Gasteiger partial charge in [0.25, 0.3) is 0 Å². The molecule has 0 amide bonds. The fourth-order valence-electron chi connectivity index (χ4n) is 2.48. The molecule has 2 rings (SSSR count). The molecule has 1 atom stereocenters. The summed E-state index contributed by atoms with van der Waals surface area (Å²) in [4.78, 5) is 3.34. The smallest absolute Gasteiger partial charge is 0.250 e. The van der Waals surface area contributed by atoms with Crippen LogP contribution in [0.1, 0.15) is 24.6 Å². The number of likely N-dealkylation sites (tertiary alicyclic amines) is 1. The van der Waals surface area contributed by atoms with E-state index in [0.29, 0.717) is 10.8 Å². The van der Waals surface area contributed by atoms with E-state index >= 15 is 0 Å². The minimum Gasteiger partial charge on any atom is -0.315 e. The third kappa shape index (κ3) is 4.26. The fraction of sp³-hybridized carbons (Fsp3) is 0.692. The van der Waals surface area contributed by atoms with E-state index in [2.05, 4.69) is 14.9 Å². The maximum atomic E-state index is 12.3. The monoisotopic (exact) mass is 317 g/mol. The van der Waals surface area contributed by atoms with Gasteiger partial charge in [-0.3, -0.25) is 0 Å². The van der Waals surface area contributed by atoms with E-state index in [9.17, 15) is 8.42 Å². The first kappa shape index (κ1) is 15.9. The zero-order valence-electron chi connectivity index (χ0n) is 12.1. The highest BCUT2D eigenvalue weighted by Gasteiger charge is 2.22. The van der Waals surface area contributed by atoms with Gasteiger partial charge < -0.3 is 10.2 Å². The number of sulfonamides is 1. The largest absolute Gasteiger partial charge is 0.315 e. The van der Waals surface area contributed by atoms with E-state index < -0.39 is 10.0 Å². The summed E-state index contributed by atoms with van der Waals surface area (Å²) < 4.78 is 27.8. The van der Waals surface area contributed by atoms with Crippen molar-refractivity contribution in [3.05, 3.63) is 17.0 Å². The number of nitrogens with zero attached hydrogens (tertiary/aromatic N) is 1. The minimum atomic E-state index is -3.38. The van der Waals surface area contributed by atoms with Gasteiger partial charge in [-0.05, 0) is 52.0 Å². The van der Waals surface area contributed by atoms with Gasteiger partial charge in [-0.25, -0.2) is 13.1 Å². The van der Waals surface area contributed by atoms with Crippen LogP contribution in [-0.4, -0.2) is 46.0 Å². The normalized spacial score (nSPS) is 18.5. The van der Waals surface area contributed by atoms with Crippen LogP contribution in [0.4, 0.5) is 0 Å². The molecule has 1 saturated heterocycles. The van der Waals surface area contributed by atoms with Crippen LogP contribution in [-0.2, 0) is 16.6 Å². The molecule has 114 valence electrons. The van der Waals surface area contributed by atoms with Crippen molar-refractivity contribution in [3.63, 3.8) is 0 Å². The Morgan fingerprint density at radius 2 is 2.05 bits per heavy atom. The standard InChI is InChI=1S/C13H23N3O2S2/c1-11(10-16-7-3-4-8-16)15-20(17,18)13-6-5-12(19-13)9-14-2/h5-6,11,14-15H,3-4,7-10H2,1-2H3. The molecule has 7 heteroatoms. The first-order chi connectivity index (χ1) is 9.51. The van der Waals surface area contributed by atoms with Crippen LogP contribution in [0.3, 0.4) is 0 Å². The fourth-order valence-corrected chi connectivity index (χ4v) is 5.10. The molecule has 1 unspecified atom stereocenters. The van der Waals surface area contributed by atoms with Gasteiger partial charge in [-0.15, -0.1) is 11.3 Å². The average Bonchev–Trinajstić information content (AvgIpc) is 3.00. The molecule has 2 heterocycles. The van der Waals surface area contributed by atoms with Crippen LogP contribution in [0.2, 0.25) is 0 Å². The van der Waals surface area contributed by atoms with Gasteiger partial charge >= 0.3 is 0 Å². The van der Waals surface area contributed by atoms with Gasteiger partial charge in [0, 0.05) is 24.0 Å². The molecule has 1 aromatic rings. The Hall–Kier alpha value is -0.470. The van der Waals surface area contributed by atoms with Crippen LogP contribution in [0.25, 0.3) is 0 Å². The Kier molecular flexibility index (Phi) is 5.57. The number of rotatable bonds is 7. The number of nitrogens with one attached hydrogen (secondary N) is 2. The maximum absolute atomic E-state index is 12.3. The zero-order chi connectivity index (χ0) is 14.6. The summed E-state index contributed by atoms with van der Waals surface area (Å²) in [6.45, 7) is 5.57. The van der Waals surface area contributed by atoms with E-state index in [1.807, 2.05) is 20.0 Å². The summed E-state index contributed by atoms with van der Waals surface area (Å²) >= 11 is 1.32. The van der Waals surface area contributed by atoms with E-state index in [4.69, 9.17) is 0 Å². The molecular formula is C13H23N3O2S2. The van der Waals surface area contributed by atoms with Crippen LogP contribution in [0.5, 0.6) is 0 Å². The van der Waals surface area contributed by atoms with Gasteiger partial charge in [0.15, 0.2) is 0 Å². The Morgan fingerprint density at radius 1 is 1.35 bits per heavy atom. The molecule has 20 heavy (non-hydrogen) atoms. The van der Waals surface area contributed by atoms with Crippen LogP contribution in [0.15, 0.2) is 16.3 Å². The minimum absolute atomic E-state index is 0.0621. The molecule has 0 saturated carbocycles. The van der Waals surface area contributed by atoms with E-state index in [1.54, 1.807) is 6.07 Å². The molecular weight excluding hydrogens is 294 g/mol. The lowest BCUT2D eigenvalue weighted by Gasteiger charge is -2.20. The number of hydrogen-bond acceptors (Lipinski definition) is 5. The SMILES string of the molecule is CNCc1ccc(S(=O)(=O)NC(C)CN2CCCC2)s1. The summed E-state index contributed by atoms with van der Waals surface area (Å²) in [5.41, 5.74) is 0. The number of hydrogen-bond donors (Lipinski definition) is 2. The summed E-state index contributed by atoms with van der Waals surface area (Å²) in [7, 11) is -1.53. The van der Waals surface area contributed by atoms with Crippen molar-refractivity contribution in [1.29, 1.82) is 0 Å². The lowest BCUT2D eigenvalue weighted by Crippen LogP contribution is -2.40. The Bertz CT molecular complexity index is 521. The lowest BCUT2D eigenvalue weighted by atomic mass is 10.3. The second-order valence-electron chi connectivity index (χ2n) is 5.28. The first-order valence-corrected chi connectivity index (χ1v) is 9.29. The van der Waals surface area contributed by atoms with Gasteiger partial charge in [0.1, 0.15) is 4.21 Å². The van der Waals surface area contributed by atoms with E-state index in [0.717, 1.165) is 24.5 Å². The van der Waals surface area contributed by atoms with Crippen molar-refractivity contribution in [1.82, 2.24) is 14.9 Å². The summed E-state index contributed by atoms with van der Waals surface area (Å²) in [6, 6.07) is 3.48.